The van der Waals surface area contributed by atoms with Crippen molar-refractivity contribution in [3.63, 3.8) is 0 Å². The van der Waals surface area contributed by atoms with Crippen LogP contribution in [0.5, 0.6) is 11.6 Å². The number of nitrogens with zero attached hydrogens (tertiary/aromatic N) is 2. The molecule has 2 rings (SSSR count). The molecular formula is C11H11N3O. The van der Waals surface area contributed by atoms with Gasteiger partial charge in [-0.3, -0.25) is 4.98 Å². The summed E-state index contributed by atoms with van der Waals surface area (Å²) in [5.41, 5.74) is 0. The van der Waals surface area contributed by atoms with Crippen LogP contribution in [0.1, 0.15) is 0 Å². The van der Waals surface area contributed by atoms with Crippen LogP contribution in [0.25, 0.3) is 0 Å². The number of anilines is 1. The fraction of sp³-hybridized carbons (Fsp3) is 0.0909. The number of aromatic nitrogens is 2. The van der Waals surface area contributed by atoms with Gasteiger partial charge in [-0.25, -0.2) is 0 Å². The van der Waals surface area contributed by atoms with Crippen LogP contribution in [0.4, 0.5) is 5.82 Å². The number of para-hydroxylation sites is 1. The van der Waals surface area contributed by atoms with Crippen molar-refractivity contribution in [1.29, 1.82) is 0 Å². The first-order valence-electron chi connectivity index (χ1n) is 4.61. The maximum absolute atomic E-state index is 5.51. The van der Waals surface area contributed by atoms with Gasteiger partial charge in [-0.2, -0.15) is 4.98 Å². The number of benzene rings is 1. The Morgan fingerprint density at radius 3 is 2.67 bits per heavy atom. The van der Waals surface area contributed by atoms with Gasteiger partial charge in [0.2, 0.25) is 5.88 Å². The highest BCUT2D eigenvalue weighted by Gasteiger charge is 1.99. The van der Waals surface area contributed by atoms with E-state index in [2.05, 4.69) is 15.3 Å². The van der Waals surface area contributed by atoms with Gasteiger partial charge >= 0.3 is 0 Å². The lowest BCUT2D eigenvalue weighted by Gasteiger charge is -2.04. The lowest BCUT2D eigenvalue weighted by molar-refractivity contribution is 0.461. The predicted molar refractivity (Wildman–Crippen MR) is 58.1 cm³/mol. The average Bonchev–Trinajstić information content (AvgIpc) is 2.31. The van der Waals surface area contributed by atoms with E-state index in [0.29, 0.717) is 11.7 Å². The molecule has 0 saturated heterocycles. The van der Waals surface area contributed by atoms with Crippen LogP contribution in [0.2, 0.25) is 0 Å². The van der Waals surface area contributed by atoms with Gasteiger partial charge in [0.25, 0.3) is 0 Å². The predicted octanol–water partition coefficient (Wildman–Crippen LogP) is 2.31. The van der Waals surface area contributed by atoms with Gasteiger partial charge in [-0.1, -0.05) is 18.2 Å². The van der Waals surface area contributed by atoms with E-state index < -0.39 is 0 Å². The SMILES string of the molecule is CNc1cncc(Oc2ccccc2)n1. The van der Waals surface area contributed by atoms with Gasteiger partial charge in [0.05, 0.1) is 12.4 Å². The fourth-order valence-corrected chi connectivity index (χ4v) is 1.13. The van der Waals surface area contributed by atoms with E-state index in [-0.39, 0.29) is 0 Å². The molecule has 0 aliphatic carbocycles. The summed E-state index contributed by atoms with van der Waals surface area (Å²) in [5.74, 6) is 1.91. The molecule has 0 fully saturated rings. The van der Waals surface area contributed by atoms with Gasteiger partial charge in [0.1, 0.15) is 11.6 Å². The quantitative estimate of drug-likeness (QED) is 0.827. The summed E-state index contributed by atoms with van der Waals surface area (Å²) in [6, 6.07) is 9.49. The maximum atomic E-state index is 5.51. The van der Waals surface area contributed by atoms with Crippen LogP contribution in [0.3, 0.4) is 0 Å². The van der Waals surface area contributed by atoms with Crippen molar-refractivity contribution in [3.8, 4) is 11.6 Å². The average molecular weight is 201 g/mol. The van der Waals surface area contributed by atoms with Crippen molar-refractivity contribution in [3.05, 3.63) is 42.7 Å². The zero-order valence-corrected chi connectivity index (χ0v) is 8.34. The number of ether oxygens (including phenoxy) is 1. The molecule has 0 spiro atoms. The normalized spacial score (nSPS) is 9.67. The Balaban J connectivity index is 2.17. The number of rotatable bonds is 3. The Morgan fingerprint density at radius 1 is 1.13 bits per heavy atom. The lowest BCUT2D eigenvalue weighted by Crippen LogP contribution is -1.95. The molecule has 15 heavy (non-hydrogen) atoms. The highest BCUT2D eigenvalue weighted by atomic mass is 16.5. The molecule has 0 saturated carbocycles. The second kappa shape index (κ2) is 4.41. The Hall–Kier alpha value is -2.10. The summed E-state index contributed by atoms with van der Waals surface area (Å²) in [4.78, 5) is 8.19. The second-order valence-electron chi connectivity index (χ2n) is 2.91. The molecule has 1 aromatic heterocycles. The Morgan fingerprint density at radius 2 is 1.93 bits per heavy atom. The van der Waals surface area contributed by atoms with E-state index in [1.165, 1.54) is 0 Å². The van der Waals surface area contributed by atoms with E-state index >= 15 is 0 Å². The Bertz CT molecular complexity index is 431. The molecule has 0 unspecified atom stereocenters. The molecule has 0 atom stereocenters. The molecule has 0 aliphatic rings. The van der Waals surface area contributed by atoms with E-state index in [0.717, 1.165) is 5.75 Å². The zero-order valence-electron chi connectivity index (χ0n) is 8.34. The maximum Gasteiger partial charge on any atom is 0.239 e. The van der Waals surface area contributed by atoms with Crippen LogP contribution in [-0.4, -0.2) is 17.0 Å². The minimum atomic E-state index is 0.480. The van der Waals surface area contributed by atoms with Crippen molar-refractivity contribution in [1.82, 2.24) is 9.97 Å². The van der Waals surface area contributed by atoms with Crippen LogP contribution >= 0.6 is 0 Å². The van der Waals surface area contributed by atoms with Crippen LogP contribution in [0.15, 0.2) is 42.7 Å². The minimum Gasteiger partial charge on any atom is -0.437 e. The van der Waals surface area contributed by atoms with Gasteiger partial charge < -0.3 is 10.1 Å². The summed E-state index contributed by atoms with van der Waals surface area (Å²) in [7, 11) is 1.79. The minimum absolute atomic E-state index is 0.480. The van der Waals surface area contributed by atoms with E-state index in [1.807, 2.05) is 30.3 Å². The van der Waals surface area contributed by atoms with Crippen molar-refractivity contribution >= 4 is 5.82 Å². The van der Waals surface area contributed by atoms with Crippen molar-refractivity contribution in [2.24, 2.45) is 0 Å². The third kappa shape index (κ3) is 2.43. The molecule has 1 N–H and O–H groups in total. The molecule has 1 aromatic carbocycles. The fourth-order valence-electron chi connectivity index (χ4n) is 1.13. The summed E-state index contributed by atoms with van der Waals surface area (Å²) in [5, 5.41) is 2.90. The molecule has 4 heteroatoms. The molecule has 1 heterocycles. The van der Waals surface area contributed by atoms with Crippen LogP contribution in [-0.2, 0) is 0 Å². The number of hydrogen-bond donors (Lipinski definition) is 1. The van der Waals surface area contributed by atoms with E-state index in [1.54, 1.807) is 19.4 Å². The molecule has 0 radical (unpaired) electrons. The van der Waals surface area contributed by atoms with E-state index in [9.17, 15) is 0 Å². The third-order valence-corrected chi connectivity index (χ3v) is 1.83. The van der Waals surface area contributed by atoms with Crippen molar-refractivity contribution in [2.75, 3.05) is 12.4 Å². The summed E-state index contributed by atoms with van der Waals surface area (Å²) in [6.45, 7) is 0. The molecule has 0 bridgehead atoms. The summed E-state index contributed by atoms with van der Waals surface area (Å²) >= 11 is 0. The van der Waals surface area contributed by atoms with Crippen molar-refractivity contribution in [2.45, 2.75) is 0 Å². The molecular weight excluding hydrogens is 190 g/mol. The molecule has 0 amide bonds. The standard InChI is InChI=1S/C11H11N3O/c1-12-10-7-13-8-11(14-10)15-9-5-3-2-4-6-9/h2-8H,1H3,(H,12,14). The largest absolute Gasteiger partial charge is 0.437 e. The molecule has 76 valence electrons. The first-order chi connectivity index (χ1) is 7.38. The first-order valence-corrected chi connectivity index (χ1v) is 4.61. The molecule has 0 aliphatic heterocycles. The van der Waals surface area contributed by atoms with Gasteiger partial charge in [0.15, 0.2) is 0 Å². The van der Waals surface area contributed by atoms with Gasteiger partial charge in [-0.15, -0.1) is 0 Å². The number of hydrogen-bond acceptors (Lipinski definition) is 4. The summed E-state index contributed by atoms with van der Waals surface area (Å²) < 4.78 is 5.51. The second-order valence-corrected chi connectivity index (χ2v) is 2.91. The van der Waals surface area contributed by atoms with Crippen molar-refractivity contribution < 1.29 is 4.74 Å². The molecule has 2 aromatic rings. The van der Waals surface area contributed by atoms with Crippen LogP contribution < -0.4 is 10.1 Å². The smallest absolute Gasteiger partial charge is 0.239 e. The van der Waals surface area contributed by atoms with Gasteiger partial charge in [0, 0.05) is 7.05 Å². The first kappa shape index (κ1) is 9.45. The number of nitrogens with one attached hydrogen (secondary N) is 1. The Labute approximate surface area is 88.0 Å². The lowest BCUT2D eigenvalue weighted by atomic mass is 10.3. The zero-order chi connectivity index (χ0) is 10.5. The van der Waals surface area contributed by atoms with Gasteiger partial charge in [-0.05, 0) is 12.1 Å². The van der Waals surface area contributed by atoms with E-state index in [4.69, 9.17) is 4.74 Å². The Kier molecular flexibility index (Phi) is 2.78. The third-order valence-electron chi connectivity index (χ3n) is 1.83. The highest BCUT2D eigenvalue weighted by molar-refractivity contribution is 5.34. The monoisotopic (exact) mass is 201 g/mol. The summed E-state index contributed by atoms with van der Waals surface area (Å²) in [6.07, 6.45) is 3.21. The highest BCUT2D eigenvalue weighted by Crippen LogP contribution is 2.18. The van der Waals surface area contributed by atoms with Crippen LogP contribution in [0, 0.1) is 0 Å². The molecule has 4 nitrogen and oxygen atoms in total. The topological polar surface area (TPSA) is 47.0 Å².